The number of nitrogens with zero attached hydrogens (tertiary/aromatic N) is 3. The summed E-state index contributed by atoms with van der Waals surface area (Å²) in [6, 6.07) is 1.96. The molecule has 0 radical (unpaired) electrons. The van der Waals surface area contributed by atoms with Gasteiger partial charge in [-0.2, -0.15) is 0 Å². The van der Waals surface area contributed by atoms with Crippen LogP contribution in [0, 0.1) is 6.92 Å². The second kappa shape index (κ2) is 4.46. The average molecular weight is 314 g/mol. The standard InChI is InChI=1S/C13H20BrN3O/c1-9-15-10(14)6-11(16-9)17-7-12(2,3)18-13(4,5)8-17/h6H,7-8H2,1-5H3. The van der Waals surface area contributed by atoms with Gasteiger partial charge in [0, 0.05) is 19.2 Å². The molecule has 1 aliphatic rings. The number of hydrogen-bond acceptors (Lipinski definition) is 4. The van der Waals surface area contributed by atoms with Crippen LogP contribution in [0.15, 0.2) is 10.7 Å². The fraction of sp³-hybridized carbons (Fsp3) is 0.692. The Morgan fingerprint density at radius 3 is 2.22 bits per heavy atom. The third-order valence-electron chi connectivity index (χ3n) is 2.81. The minimum absolute atomic E-state index is 0.174. The van der Waals surface area contributed by atoms with E-state index in [1.165, 1.54) is 0 Å². The second-order valence-corrected chi connectivity index (χ2v) is 6.89. The SMILES string of the molecule is Cc1nc(Br)cc(N2CC(C)(C)OC(C)(C)C2)n1. The Morgan fingerprint density at radius 2 is 1.72 bits per heavy atom. The van der Waals surface area contributed by atoms with Crippen LogP contribution in [-0.4, -0.2) is 34.3 Å². The number of halogens is 1. The topological polar surface area (TPSA) is 38.2 Å². The highest BCUT2D eigenvalue weighted by Gasteiger charge is 2.38. The van der Waals surface area contributed by atoms with Gasteiger partial charge in [0.2, 0.25) is 0 Å². The monoisotopic (exact) mass is 313 g/mol. The summed E-state index contributed by atoms with van der Waals surface area (Å²) in [5.41, 5.74) is -0.347. The van der Waals surface area contributed by atoms with Gasteiger partial charge in [-0.25, -0.2) is 9.97 Å². The highest BCUT2D eigenvalue weighted by Crippen LogP contribution is 2.31. The molecule has 1 saturated heterocycles. The van der Waals surface area contributed by atoms with Crippen molar-refractivity contribution >= 4 is 21.7 Å². The van der Waals surface area contributed by atoms with Crippen molar-refractivity contribution in [3.05, 3.63) is 16.5 Å². The van der Waals surface area contributed by atoms with E-state index in [0.717, 1.165) is 29.3 Å². The maximum Gasteiger partial charge on any atom is 0.133 e. The van der Waals surface area contributed by atoms with Crippen LogP contribution in [0.25, 0.3) is 0 Å². The van der Waals surface area contributed by atoms with Crippen LogP contribution in [0.4, 0.5) is 5.82 Å². The molecule has 2 rings (SSSR count). The Labute approximate surface area is 117 Å². The molecule has 0 unspecified atom stereocenters. The van der Waals surface area contributed by atoms with Crippen molar-refractivity contribution in [3.63, 3.8) is 0 Å². The quantitative estimate of drug-likeness (QED) is 0.747. The lowest BCUT2D eigenvalue weighted by Gasteiger charge is -2.47. The number of hydrogen-bond donors (Lipinski definition) is 0. The molecule has 5 heteroatoms. The minimum atomic E-state index is -0.174. The van der Waals surface area contributed by atoms with Crippen LogP contribution in [0.1, 0.15) is 33.5 Å². The molecular weight excluding hydrogens is 294 g/mol. The van der Waals surface area contributed by atoms with Crippen molar-refractivity contribution in [2.45, 2.75) is 45.8 Å². The van der Waals surface area contributed by atoms with Gasteiger partial charge in [0.05, 0.1) is 11.2 Å². The summed E-state index contributed by atoms with van der Waals surface area (Å²) in [4.78, 5) is 11.0. The third-order valence-corrected chi connectivity index (χ3v) is 3.22. The highest BCUT2D eigenvalue weighted by molar-refractivity contribution is 9.10. The minimum Gasteiger partial charge on any atom is -0.366 e. The predicted octanol–water partition coefficient (Wildman–Crippen LogP) is 2.94. The predicted molar refractivity (Wildman–Crippen MR) is 75.9 cm³/mol. The van der Waals surface area contributed by atoms with Gasteiger partial charge >= 0.3 is 0 Å². The largest absolute Gasteiger partial charge is 0.366 e. The van der Waals surface area contributed by atoms with E-state index in [4.69, 9.17) is 4.74 Å². The summed E-state index contributed by atoms with van der Waals surface area (Å²) in [5.74, 6) is 1.74. The zero-order valence-corrected chi connectivity index (χ0v) is 13.2. The Hall–Kier alpha value is -0.680. The van der Waals surface area contributed by atoms with Crippen molar-refractivity contribution in [1.82, 2.24) is 9.97 Å². The number of anilines is 1. The van der Waals surface area contributed by atoms with E-state index in [-0.39, 0.29) is 11.2 Å². The number of aryl methyl sites for hydroxylation is 1. The van der Waals surface area contributed by atoms with Gasteiger partial charge in [-0.15, -0.1) is 0 Å². The van der Waals surface area contributed by atoms with Gasteiger partial charge in [0.15, 0.2) is 0 Å². The lowest BCUT2D eigenvalue weighted by atomic mass is 9.99. The van der Waals surface area contributed by atoms with Crippen molar-refractivity contribution < 1.29 is 4.74 Å². The van der Waals surface area contributed by atoms with Crippen LogP contribution in [-0.2, 0) is 4.74 Å². The molecule has 1 aromatic heterocycles. The first-order valence-electron chi connectivity index (χ1n) is 6.13. The molecule has 2 heterocycles. The van der Waals surface area contributed by atoms with Crippen LogP contribution in [0.5, 0.6) is 0 Å². The molecule has 0 aliphatic carbocycles. The van der Waals surface area contributed by atoms with Gasteiger partial charge < -0.3 is 9.64 Å². The Kier molecular flexibility index (Phi) is 3.40. The molecule has 100 valence electrons. The molecule has 18 heavy (non-hydrogen) atoms. The first-order chi connectivity index (χ1) is 8.17. The van der Waals surface area contributed by atoms with E-state index in [0.29, 0.717) is 0 Å². The van der Waals surface area contributed by atoms with E-state index in [1.807, 2.05) is 13.0 Å². The maximum atomic E-state index is 6.08. The third kappa shape index (κ3) is 3.20. The zero-order chi connectivity index (χ0) is 13.6. The van der Waals surface area contributed by atoms with Crippen LogP contribution >= 0.6 is 15.9 Å². The molecule has 0 spiro atoms. The van der Waals surface area contributed by atoms with E-state index in [1.54, 1.807) is 0 Å². The van der Waals surface area contributed by atoms with E-state index in [9.17, 15) is 0 Å². The van der Waals surface area contributed by atoms with E-state index < -0.39 is 0 Å². The summed E-state index contributed by atoms with van der Waals surface area (Å²) < 4.78 is 6.90. The summed E-state index contributed by atoms with van der Waals surface area (Å²) in [6.07, 6.45) is 0. The number of rotatable bonds is 1. The van der Waals surface area contributed by atoms with Gasteiger partial charge in [0.1, 0.15) is 16.2 Å². The lowest BCUT2D eigenvalue weighted by molar-refractivity contribution is -0.133. The molecule has 0 atom stereocenters. The highest BCUT2D eigenvalue weighted by atomic mass is 79.9. The van der Waals surface area contributed by atoms with Crippen LogP contribution in [0.2, 0.25) is 0 Å². The number of aromatic nitrogens is 2. The van der Waals surface area contributed by atoms with Crippen LogP contribution < -0.4 is 4.90 Å². The molecule has 0 saturated carbocycles. The number of ether oxygens (including phenoxy) is 1. The van der Waals surface area contributed by atoms with Crippen LogP contribution in [0.3, 0.4) is 0 Å². The molecule has 0 amide bonds. The molecule has 1 aliphatic heterocycles. The van der Waals surface area contributed by atoms with Crippen molar-refractivity contribution in [1.29, 1.82) is 0 Å². The van der Waals surface area contributed by atoms with Gasteiger partial charge in [-0.3, -0.25) is 0 Å². The Bertz CT molecular complexity index is 423. The molecule has 0 bridgehead atoms. The van der Waals surface area contributed by atoms with Crippen molar-refractivity contribution in [2.75, 3.05) is 18.0 Å². The van der Waals surface area contributed by atoms with Crippen molar-refractivity contribution in [2.24, 2.45) is 0 Å². The van der Waals surface area contributed by atoms with E-state index in [2.05, 4.69) is 58.5 Å². The van der Waals surface area contributed by atoms with Gasteiger partial charge in [-0.05, 0) is 50.5 Å². The Balaban J connectivity index is 2.32. The van der Waals surface area contributed by atoms with Gasteiger partial charge in [0.25, 0.3) is 0 Å². The molecule has 0 aromatic carbocycles. The summed E-state index contributed by atoms with van der Waals surface area (Å²) in [7, 11) is 0. The average Bonchev–Trinajstić information content (AvgIpc) is 2.10. The Morgan fingerprint density at radius 1 is 1.17 bits per heavy atom. The smallest absolute Gasteiger partial charge is 0.133 e. The summed E-state index contributed by atoms with van der Waals surface area (Å²) in [5, 5.41) is 0. The lowest BCUT2D eigenvalue weighted by Crippen LogP contribution is -2.57. The zero-order valence-electron chi connectivity index (χ0n) is 11.6. The summed E-state index contributed by atoms with van der Waals surface area (Å²) >= 11 is 3.43. The maximum absolute atomic E-state index is 6.08. The molecule has 1 aromatic rings. The first-order valence-corrected chi connectivity index (χ1v) is 6.93. The van der Waals surface area contributed by atoms with Gasteiger partial charge in [-0.1, -0.05) is 0 Å². The molecule has 1 fully saturated rings. The van der Waals surface area contributed by atoms with E-state index >= 15 is 0 Å². The normalized spacial score (nSPS) is 22.0. The number of morpholine rings is 1. The molecule has 4 nitrogen and oxygen atoms in total. The van der Waals surface area contributed by atoms with Crippen molar-refractivity contribution in [3.8, 4) is 0 Å². The first kappa shape index (κ1) is 13.7. The summed E-state index contributed by atoms with van der Waals surface area (Å²) in [6.45, 7) is 12.0. The second-order valence-electron chi connectivity index (χ2n) is 6.07. The molecule has 0 N–H and O–H groups in total. The fourth-order valence-electron chi connectivity index (χ4n) is 2.63. The fourth-order valence-corrected chi connectivity index (χ4v) is 3.09. The molecular formula is C13H20BrN3O.